The molecule has 0 aliphatic heterocycles. The van der Waals surface area contributed by atoms with E-state index in [1.54, 1.807) is 0 Å². The molecule has 0 saturated heterocycles. The minimum atomic E-state index is -3.68. The van der Waals surface area contributed by atoms with Crippen LogP contribution in [0, 0.1) is 11.7 Å². The summed E-state index contributed by atoms with van der Waals surface area (Å²) in [5, 5.41) is 2.98. The number of benzene rings is 1. The molecular weight excluding hydrogens is 381 g/mol. The van der Waals surface area contributed by atoms with E-state index in [9.17, 15) is 17.6 Å². The Morgan fingerprint density at radius 3 is 2.42 bits per heavy atom. The van der Waals surface area contributed by atoms with Gasteiger partial charge in [0.15, 0.2) is 0 Å². The second-order valence-corrected chi connectivity index (χ2v) is 8.87. The minimum Gasteiger partial charge on any atom is -0.349 e. The van der Waals surface area contributed by atoms with Crippen LogP contribution in [-0.2, 0) is 14.8 Å². The molecule has 1 aliphatic carbocycles. The van der Waals surface area contributed by atoms with E-state index in [1.807, 2.05) is 6.92 Å². The smallest absolute Gasteiger partial charge is 0.242 e. The first-order valence-electron chi connectivity index (χ1n) is 8.42. The first-order valence-corrected chi connectivity index (χ1v) is 9.86. The molecule has 1 fully saturated rings. The Morgan fingerprint density at radius 2 is 1.92 bits per heavy atom. The molecule has 1 saturated carbocycles. The predicted molar refractivity (Wildman–Crippen MR) is 101 cm³/mol. The molecule has 26 heavy (non-hydrogen) atoms. The molecule has 2 rings (SSSR count). The zero-order valence-electron chi connectivity index (χ0n) is 15.1. The van der Waals surface area contributed by atoms with Gasteiger partial charge in [0, 0.05) is 26.6 Å². The number of rotatable bonds is 9. The lowest BCUT2D eigenvalue weighted by atomic mass is 9.95. The average molecular weight is 408 g/mol. The SMILES string of the molecule is CN(CCCC(=O)NC(C)(CN)C1CC1)S(=O)(=O)c1ccc(F)cc1.Cl. The van der Waals surface area contributed by atoms with Gasteiger partial charge in [-0.1, -0.05) is 0 Å². The Kier molecular flexibility index (Phi) is 8.01. The average Bonchev–Trinajstić information content (AvgIpc) is 3.40. The number of halogens is 2. The van der Waals surface area contributed by atoms with Crippen molar-refractivity contribution in [3.8, 4) is 0 Å². The number of nitrogens with two attached hydrogens (primary N) is 1. The largest absolute Gasteiger partial charge is 0.349 e. The van der Waals surface area contributed by atoms with Crippen molar-refractivity contribution in [1.82, 2.24) is 9.62 Å². The zero-order chi connectivity index (χ0) is 18.7. The lowest BCUT2D eigenvalue weighted by Crippen LogP contribution is -2.53. The van der Waals surface area contributed by atoms with E-state index in [1.165, 1.54) is 23.5 Å². The number of hydrogen-bond donors (Lipinski definition) is 2. The molecule has 0 radical (unpaired) electrons. The molecule has 1 aliphatic rings. The summed E-state index contributed by atoms with van der Waals surface area (Å²) in [6, 6.07) is 4.69. The highest BCUT2D eigenvalue weighted by Crippen LogP contribution is 2.39. The number of sulfonamides is 1. The van der Waals surface area contributed by atoms with Gasteiger partial charge in [0.25, 0.3) is 0 Å². The van der Waals surface area contributed by atoms with Gasteiger partial charge in [-0.25, -0.2) is 17.1 Å². The number of hydrogen-bond acceptors (Lipinski definition) is 4. The van der Waals surface area contributed by atoms with Crippen molar-refractivity contribution in [2.24, 2.45) is 11.7 Å². The molecule has 1 atom stereocenters. The van der Waals surface area contributed by atoms with Crippen molar-refractivity contribution in [2.75, 3.05) is 20.1 Å². The van der Waals surface area contributed by atoms with Gasteiger partial charge in [0.2, 0.25) is 15.9 Å². The van der Waals surface area contributed by atoms with Crippen LogP contribution in [0.2, 0.25) is 0 Å². The Bertz CT molecular complexity index is 710. The molecular formula is C17H27ClFN3O3S. The van der Waals surface area contributed by atoms with Crippen LogP contribution in [0.3, 0.4) is 0 Å². The van der Waals surface area contributed by atoms with Crippen LogP contribution in [-0.4, -0.2) is 44.3 Å². The number of nitrogens with one attached hydrogen (secondary N) is 1. The van der Waals surface area contributed by atoms with E-state index in [4.69, 9.17) is 5.73 Å². The normalized spacial score (nSPS) is 16.7. The highest BCUT2D eigenvalue weighted by atomic mass is 35.5. The van der Waals surface area contributed by atoms with Crippen molar-refractivity contribution in [2.45, 2.75) is 43.0 Å². The molecule has 1 amide bonds. The lowest BCUT2D eigenvalue weighted by Gasteiger charge is -2.29. The molecule has 6 nitrogen and oxygen atoms in total. The van der Waals surface area contributed by atoms with E-state index >= 15 is 0 Å². The fraction of sp³-hybridized carbons (Fsp3) is 0.588. The lowest BCUT2D eigenvalue weighted by molar-refractivity contribution is -0.123. The molecule has 3 N–H and O–H groups in total. The van der Waals surface area contributed by atoms with E-state index in [0.717, 1.165) is 25.0 Å². The second-order valence-electron chi connectivity index (χ2n) is 6.83. The quantitative estimate of drug-likeness (QED) is 0.653. The molecule has 1 aromatic rings. The minimum absolute atomic E-state index is 0. The topological polar surface area (TPSA) is 92.5 Å². The predicted octanol–water partition coefficient (Wildman–Crippen LogP) is 1.89. The Morgan fingerprint density at radius 1 is 1.35 bits per heavy atom. The van der Waals surface area contributed by atoms with Gasteiger partial charge in [-0.3, -0.25) is 4.79 Å². The van der Waals surface area contributed by atoms with Gasteiger partial charge in [0.1, 0.15) is 5.82 Å². The second kappa shape index (κ2) is 9.12. The van der Waals surface area contributed by atoms with Gasteiger partial charge in [-0.15, -0.1) is 12.4 Å². The summed E-state index contributed by atoms with van der Waals surface area (Å²) in [6.45, 7) is 2.55. The van der Waals surface area contributed by atoms with Gasteiger partial charge in [-0.2, -0.15) is 0 Å². The number of carbonyl (C=O) groups excluding carboxylic acids is 1. The van der Waals surface area contributed by atoms with Crippen LogP contribution in [0.5, 0.6) is 0 Å². The Labute approximate surface area is 160 Å². The maximum atomic E-state index is 12.9. The van der Waals surface area contributed by atoms with Crippen molar-refractivity contribution in [3.05, 3.63) is 30.1 Å². The van der Waals surface area contributed by atoms with Gasteiger partial charge < -0.3 is 11.1 Å². The van der Waals surface area contributed by atoms with E-state index in [0.29, 0.717) is 18.9 Å². The fourth-order valence-electron chi connectivity index (χ4n) is 2.79. The molecule has 0 spiro atoms. The molecule has 9 heteroatoms. The van der Waals surface area contributed by atoms with Crippen LogP contribution in [0.1, 0.15) is 32.6 Å². The summed E-state index contributed by atoms with van der Waals surface area (Å²) in [5.74, 6) is -0.174. The molecule has 1 aromatic carbocycles. The number of nitrogens with zero attached hydrogens (tertiary/aromatic N) is 1. The summed E-state index contributed by atoms with van der Waals surface area (Å²) in [5.41, 5.74) is 5.40. The van der Waals surface area contributed by atoms with Crippen LogP contribution in [0.4, 0.5) is 4.39 Å². The molecule has 0 bridgehead atoms. The van der Waals surface area contributed by atoms with Crippen molar-refractivity contribution in [1.29, 1.82) is 0 Å². The van der Waals surface area contributed by atoms with E-state index < -0.39 is 15.8 Å². The van der Waals surface area contributed by atoms with E-state index in [2.05, 4.69) is 5.32 Å². The van der Waals surface area contributed by atoms with Gasteiger partial charge in [-0.05, 0) is 56.4 Å². The van der Waals surface area contributed by atoms with Crippen LogP contribution in [0.15, 0.2) is 29.2 Å². The van der Waals surface area contributed by atoms with Crippen molar-refractivity contribution >= 4 is 28.3 Å². The third-order valence-electron chi connectivity index (χ3n) is 4.73. The summed E-state index contributed by atoms with van der Waals surface area (Å²) in [6.07, 6.45) is 2.78. The molecule has 1 unspecified atom stereocenters. The van der Waals surface area contributed by atoms with Crippen molar-refractivity contribution < 1.29 is 17.6 Å². The molecule has 148 valence electrons. The summed E-state index contributed by atoms with van der Waals surface area (Å²) in [4.78, 5) is 12.1. The summed E-state index contributed by atoms with van der Waals surface area (Å²) < 4.78 is 38.9. The standard InChI is InChI=1S/C17H26FN3O3S.ClH/c1-17(12-19,13-5-6-13)20-16(22)4-3-11-21(2)25(23,24)15-9-7-14(18)8-10-15;/h7-10,13H,3-6,11-12,19H2,1-2H3,(H,20,22);1H. The third kappa shape index (κ3) is 5.64. The highest BCUT2D eigenvalue weighted by molar-refractivity contribution is 7.89. The Hall–Kier alpha value is -1.22. The third-order valence-corrected chi connectivity index (χ3v) is 6.60. The first kappa shape index (κ1) is 22.8. The zero-order valence-corrected chi connectivity index (χ0v) is 16.7. The highest BCUT2D eigenvalue weighted by Gasteiger charge is 2.41. The van der Waals surface area contributed by atoms with Crippen LogP contribution < -0.4 is 11.1 Å². The van der Waals surface area contributed by atoms with Crippen LogP contribution in [0.25, 0.3) is 0 Å². The van der Waals surface area contributed by atoms with Crippen LogP contribution >= 0.6 is 12.4 Å². The monoisotopic (exact) mass is 407 g/mol. The van der Waals surface area contributed by atoms with Gasteiger partial charge in [0.05, 0.1) is 10.4 Å². The summed E-state index contributed by atoms with van der Waals surface area (Å²) >= 11 is 0. The number of amides is 1. The molecule has 0 aromatic heterocycles. The maximum absolute atomic E-state index is 12.9. The first-order chi connectivity index (χ1) is 11.7. The fourth-order valence-corrected chi connectivity index (χ4v) is 4.00. The van der Waals surface area contributed by atoms with Gasteiger partial charge >= 0.3 is 0 Å². The maximum Gasteiger partial charge on any atom is 0.242 e. The Balaban J connectivity index is 0.00000338. The summed E-state index contributed by atoms with van der Waals surface area (Å²) in [7, 11) is -2.23. The number of carbonyl (C=O) groups is 1. The van der Waals surface area contributed by atoms with Crippen molar-refractivity contribution in [3.63, 3.8) is 0 Å². The van der Waals surface area contributed by atoms with E-state index in [-0.39, 0.29) is 41.7 Å². The molecule has 0 heterocycles.